The van der Waals surface area contributed by atoms with Crippen LogP contribution in [0.4, 0.5) is 4.39 Å². The molecule has 21 heavy (non-hydrogen) atoms. The standard InChI is InChI=1S/C15H22FN3O.HI/c1-11-10-14(11)19-15(17-2)18-8-3-9-20-13-6-4-12(16)5-7-13;/h4-7,11,14H,3,8-10H2,1-2H3,(H2,17,18,19);1H. The number of nitrogens with zero attached hydrogens (tertiary/aromatic N) is 1. The lowest BCUT2D eigenvalue weighted by Crippen LogP contribution is -2.39. The third-order valence-electron chi connectivity index (χ3n) is 3.35. The molecule has 1 aliphatic carbocycles. The number of halogens is 2. The Morgan fingerprint density at radius 1 is 1.38 bits per heavy atom. The van der Waals surface area contributed by atoms with Crippen molar-refractivity contribution in [3.05, 3.63) is 30.1 Å². The molecule has 6 heteroatoms. The Morgan fingerprint density at radius 2 is 2.05 bits per heavy atom. The van der Waals surface area contributed by atoms with Crippen molar-refractivity contribution in [3.8, 4) is 5.75 Å². The maximum absolute atomic E-state index is 12.7. The maximum Gasteiger partial charge on any atom is 0.191 e. The summed E-state index contributed by atoms with van der Waals surface area (Å²) in [5.74, 6) is 2.04. The molecule has 0 bridgehead atoms. The van der Waals surface area contributed by atoms with Crippen LogP contribution in [-0.2, 0) is 0 Å². The molecular weight excluding hydrogens is 384 g/mol. The topological polar surface area (TPSA) is 45.7 Å². The van der Waals surface area contributed by atoms with Gasteiger partial charge < -0.3 is 15.4 Å². The van der Waals surface area contributed by atoms with Gasteiger partial charge in [-0.3, -0.25) is 4.99 Å². The van der Waals surface area contributed by atoms with Gasteiger partial charge in [0.25, 0.3) is 0 Å². The first kappa shape index (κ1) is 18.0. The summed E-state index contributed by atoms with van der Waals surface area (Å²) in [4.78, 5) is 4.18. The molecular formula is C15H23FIN3O. The fourth-order valence-electron chi connectivity index (χ4n) is 1.89. The first-order chi connectivity index (χ1) is 9.69. The molecule has 0 amide bonds. The van der Waals surface area contributed by atoms with Gasteiger partial charge >= 0.3 is 0 Å². The Bertz CT molecular complexity index is 453. The van der Waals surface area contributed by atoms with Gasteiger partial charge in [-0.15, -0.1) is 24.0 Å². The van der Waals surface area contributed by atoms with Crippen LogP contribution in [0.25, 0.3) is 0 Å². The van der Waals surface area contributed by atoms with Crippen LogP contribution in [0.3, 0.4) is 0 Å². The van der Waals surface area contributed by atoms with E-state index in [2.05, 4.69) is 22.5 Å². The summed E-state index contributed by atoms with van der Waals surface area (Å²) in [6, 6.07) is 6.64. The zero-order valence-corrected chi connectivity index (χ0v) is 14.8. The maximum atomic E-state index is 12.7. The zero-order valence-electron chi connectivity index (χ0n) is 12.4. The molecule has 0 spiro atoms. The fourth-order valence-corrected chi connectivity index (χ4v) is 1.89. The third kappa shape index (κ3) is 6.50. The van der Waals surface area contributed by atoms with Gasteiger partial charge in [0.05, 0.1) is 6.61 Å². The molecule has 2 unspecified atom stereocenters. The van der Waals surface area contributed by atoms with E-state index in [4.69, 9.17) is 4.74 Å². The van der Waals surface area contributed by atoms with Crippen molar-refractivity contribution in [2.75, 3.05) is 20.2 Å². The van der Waals surface area contributed by atoms with Gasteiger partial charge in [-0.2, -0.15) is 0 Å². The molecule has 1 fully saturated rings. The monoisotopic (exact) mass is 407 g/mol. The molecule has 2 atom stereocenters. The van der Waals surface area contributed by atoms with E-state index in [1.807, 2.05) is 0 Å². The molecule has 1 aromatic rings. The summed E-state index contributed by atoms with van der Waals surface area (Å²) in [7, 11) is 1.78. The van der Waals surface area contributed by atoms with Crippen LogP contribution in [0, 0.1) is 11.7 Å². The minimum absolute atomic E-state index is 0. The molecule has 0 heterocycles. The van der Waals surface area contributed by atoms with E-state index in [0.29, 0.717) is 18.4 Å². The van der Waals surface area contributed by atoms with Crippen molar-refractivity contribution in [1.29, 1.82) is 0 Å². The number of hydrogen-bond acceptors (Lipinski definition) is 2. The predicted octanol–water partition coefficient (Wildman–Crippen LogP) is 2.79. The number of rotatable bonds is 6. The Morgan fingerprint density at radius 3 is 2.62 bits per heavy atom. The molecule has 2 rings (SSSR count). The molecule has 1 saturated carbocycles. The second-order valence-corrected chi connectivity index (χ2v) is 5.12. The molecule has 1 aromatic carbocycles. The van der Waals surface area contributed by atoms with E-state index < -0.39 is 0 Å². The van der Waals surface area contributed by atoms with E-state index in [1.165, 1.54) is 18.6 Å². The van der Waals surface area contributed by atoms with Crippen molar-refractivity contribution < 1.29 is 9.13 Å². The van der Waals surface area contributed by atoms with E-state index in [-0.39, 0.29) is 29.8 Å². The number of nitrogens with one attached hydrogen (secondary N) is 2. The average molecular weight is 407 g/mol. The summed E-state index contributed by atoms with van der Waals surface area (Å²) < 4.78 is 18.2. The summed E-state index contributed by atoms with van der Waals surface area (Å²) in [6.45, 7) is 3.61. The normalized spacial score (nSPS) is 20.4. The SMILES string of the molecule is CN=C(NCCCOc1ccc(F)cc1)NC1CC1C.I. The van der Waals surface area contributed by atoms with Crippen LogP contribution >= 0.6 is 24.0 Å². The molecule has 0 aromatic heterocycles. The lowest BCUT2D eigenvalue weighted by molar-refractivity contribution is 0.310. The van der Waals surface area contributed by atoms with Crippen LogP contribution in [0.5, 0.6) is 5.75 Å². The van der Waals surface area contributed by atoms with Gasteiger partial charge in [0.1, 0.15) is 11.6 Å². The van der Waals surface area contributed by atoms with E-state index >= 15 is 0 Å². The Labute approximate surface area is 142 Å². The quantitative estimate of drug-likeness (QED) is 0.330. The highest BCUT2D eigenvalue weighted by Gasteiger charge is 2.33. The molecule has 0 saturated heterocycles. The highest BCUT2D eigenvalue weighted by Crippen LogP contribution is 2.28. The van der Waals surface area contributed by atoms with Crippen molar-refractivity contribution in [1.82, 2.24) is 10.6 Å². The summed E-state index contributed by atoms with van der Waals surface area (Å²) in [6.07, 6.45) is 2.08. The fraction of sp³-hybridized carbons (Fsp3) is 0.533. The smallest absolute Gasteiger partial charge is 0.191 e. The van der Waals surface area contributed by atoms with Crippen LogP contribution < -0.4 is 15.4 Å². The molecule has 1 aliphatic rings. The van der Waals surface area contributed by atoms with Crippen LogP contribution in [0.2, 0.25) is 0 Å². The summed E-state index contributed by atoms with van der Waals surface area (Å²) in [5.41, 5.74) is 0. The highest BCUT2D eigenvalue weighted by molar-refractivity contribution is 14.0. The highest BCUT2D eigenvalue weighted by atomic mass is 127. The molecule has 118 valence electrons. The number of benzene rings is 1. The third-order valence-corrected chi connectivity index (χ3v) is 3.35. The van der Waals surface area contributed by atoms with Crippen molar-refractivity contribution >= 4 is 29.9 Å². The van der Waals surface area contributed by atoms with Crippen LogP contribution in [0.1, 0.15) is 19.8 Å². The van der Waals surface area contributed by atoms with Gasteiger partial charge in [0.15, 0.2) is 5.96 Å². The average Bonchev–Trinajstić information content (AvgIpc) is 3.14. The lowest BCUT2D eigenvalue weighted by atomic mass is 10.3. The van der Waals surface area contributed by atoms with Gasteiger partial charge in [0.2, 0.25) is 0 Å². The minimum Gasteiger partial charge on any atom is -0.494 e. The van der Waals surface area contributed by atoms with Crippen LogP contribution in [-0.4, -0.2) is 32.2 Å². The number of hydrogen-bond donors (Lipinski definition) is 2. The number of aliphatic imine (C=N–C) groups is 1. The van der Waals surface area contributed by atoms with E-state index in [0.717, 1.165) is 24.8 Å². The largest absolute Gasteiger partial charge is 0.494 e. The second-order valence-electron chi connectivity index (χ2n) is 5.12. The molecule has 2 N–H and O–H groups in total. The number of guanidine groups is 1. The van der Waals surface area contributed by atoms with Gasteiger partial charge in [-0.25, -0.2) is 4.39 Å². The first-order valence-corrected chi connectivity index (χ1v) is 7.04. The summed E-state index contributed by atoms with van der Waals surface area (Å²) in [5, 5.41) is 6.62. The van der Waals surface area contributed by atoms with Gasteiger partial charge in [0, 0.05) is 19.6 Å². The zero-order chi connectivity index (χ0) is 14.4. The molecule has 0 aliphatic heterocycles. The van der Waals surface area contributed by atoms with Crippen molar-refractivity contribution in [2.24, 2.45) is 10.9 Å². The van der Waals surface area contributed by atoms with Crippen molar-refractivity contribution in [3.63, 3.8) is 0 Å². The van der Waals surface area contributed by atoms with E-state index in [1.54, 1.807) is 19.2 Å². The lowest BCUT2D eigenvalue weighted by Gasteiger charge is -2.11. The Kier molecular flexibility index (Phi) is 7.77. The van der Waals surface area contributed by atoms with Gasteiger partial charge in [-0.05, 0) is 43.0 Å². The van der Waals surface area contributed by atoms with E-state index in [9.17, 15) is 4.39 Å². The summed E-state index contributed by atoms with van der Waals surface area (Å²) >= 11 is 0. The molecule has 4 nitrogen and oxygen atoms in total. The van der Waals surface area contributed by atoms with Gasteiger partial charge in [-0.1, -0.05) is 6.92 Å². The van der Waals surface area contributed by atoms with Crippen molar-refractivity contribution in [2.45, 2.75) is 25.8 Å². The minimum atomic E-state index is -0.247. The second kappa shape index (κ2) is 9.07. The predicted molar refractivity (Wildman–Crippen MR) is 94.0 cm³/mol. The molecule has 0 radical (unpaired) electrons. The Hall–Kier alpha value is -1.05. The van der Waals surface area contributed by atoms with Crippen LogP contribution in [0.15, 0.2) is 29.3 Å². The number of ether oxygens (including phenoxy) is 1. The Balaban J connectivity index is 0.00000220. The first-order valence-electron chi connectivity index (χ1n) is 7.04.